The van der Waals surface area contributed by atoms with Crippen molar-refractivity contribution in [2.45, 2.75) is 39.4 Å². The van der Waals surface area contributed by atoms with Crippen molar-refractivity contribution < 1.29 is 4.79 Å². The lowest BCUT2D eigenvalue weighted by molar-refractivity contribution is -0.130. The highest BCUT2D eigenvalue weighted by Crippen LogP contribution is 2.25. The summed E-state index contributed by atoms with van der Waals surface area (Å²) < 4.78 is 0. The highest BCUT2D eigenvalue weighted by atomic mass is 16.2. The molecule has 1 N–H and O–H groups in total. The van der Waals surface area contributed by atoms with Crippen molar-refractivity contribution in [1.29, 1.82) is 0 Å². The lowest BCUT2D eigenvalue weighted by atomic mass is 10.1. The Morgan fingerprint density at radius 1 is 1.24 bits per heavy atom. The fourth-order valence-corrected chi connectivity index (χ4v) is 2.66. The van der Waals surface area contributed by atoms with E-state index < -0.39 is 0 Å². The molecule has 0 radical (unpaired) electrons. The quantitative estimate of drug-likeness (QED) is 0.870. The first-order valence-corrected chi connectivity index (χ1v) is 7.90. The van der Waals surface area contributed by atoms with E-state index in [9.17, 15) is 4.79 Å². The fraction of sp³-hybridized carbons (Fsp3) is 0.588. The summed E-state index contributed by atoms with van der Waals surface area (Å²) in [5, 5.41) is 3.41. The molecule has 1 heterocycles. The molecule has 0 spiro atoms. The second kappa shape index (κ2) is 7.05. The van der Waals surface area contributed by atoms with Crippen LogP contribution in [0.5, 0.6) is 0 Å². The van der Waals surface area contributed by atoms with Crippen LogP contribution in [-0.4, -0.2) is 48.4 Å². The van der Waals surface area contributed by atoms with E-state index in [1.807, 2.05) is 11.8 Å². The number of aryl methyl sites for hydroxylation is 1. The minimum atomic E-state index is -0.104. The van der Waals surface area contributed by atoms with Crippen LogP contribution in [0.1, 0.15) is 38.1 Å². The summed E-state index contributed by atoms with van der Waals surface area (Å²) in [6, 6.07) is 8.48. The number of benzene rings is 1. The molecule has 1 fully saturated rings. The summed E-state index contributed by atoms with van der Waals surface area (Å²) in [4.78, 5) is 16.6. The third kappa shape index (κ3) is 3.63. The van der Waals surface area contributed by atoms with Crippen molar-refractivity contribution in [3.8, 4) is 0 Å². The van der Waals surface area contributed by atoms with E-state index in [1.54, 1.807) is 0 Å². The first-order chi connectivity index (χ1) is 10.1. The number of rotatable bonds is 6. The van der Waals surface area contributed by atoms with E-state index in [2.05, 4.69) is 55.4 Å². The standard InChI is InChI=1S/C17H27N3O/c1-5-14-7-9-15(10-8-14)16-18-13(3)17(21)20(16)12-11-19(4)6-2/h7-10,13,16,18H,5-6,11-12H2,1-4H3. The van der Waals surface area contributed by atoms with Gasteiger partial charge in [0.1, 0.15) is 6.17 Å². The van der Waals surface area contributed by atoms with Gasteiger partial charge >= 0.3 is 0 Å². The molecule has 21 heavy (non-hydrogen) atoms. The summed E-state index contributed by atoms with van der Waals surface area (Å²) in [5.74, 6) is 0.198. The Morgan fingerprint density at radius 2 is 1.90 bits per heavy atom. The molecule has 2 atom stereocenters. The van der Waals surface area contributed by atoms with Crippen LogP contribution in [0.3, 0.4) is 0 Å². The molecule has 2 rings (SSSR count). The third-order valence-electron chi connectivity index (χ3n) is 4.34. The van der Waals surface area contributed by atoms with Crippen molar-refractivity contribution >= 4 is 5.91 Å². The van der Waals surface area contributed by atoms with Crippen molar-refractivity contribution in [1.82, 2.24) is 15.1 Å². The molecule has 2 unspecified atom stereocenters. The Hall–Kier alpha value is -1.39. The van der Waals surface area contributed by atoms with Crippen LogP contribution < -0.4 is 5.32 Å². The maximum Gasteiger partial charge on any atom is 0.241 e. The molecule has 1 aliphatic heterocycles. The van der Waals surface area contributed by atoms with Gasteiger partial charge in [-0.15, -0.1) is 0 Å². The molecular weight excluding hydrogens is 262 g/mol. The largest absolute Gasteiger partial charge is 0.320 e. The van der Waals surface area contributed by atoms with Crippen molar-refractivity contribution in [2.24, 2.45) is 0 Å². The zero-order valence-corrected chi connectivity index (χ0v) is 13.6. The lowest BCUT2D eigenvalue weighted by Gasteiger charge is -2.26. The van der Waals surface area contributed by atoms with Crippen LogP contribution in [0.2, 0.25) is 0 Å². The highest BCUT2D eigenvalue weighted by Gasteiger charge is 2.36. The molecule has 0 bridgehead atoms. The van der Waals surface area contributed by atoms with E-state index in [4.69, 9.17) is 0 Å². The van der Waals surface area contributed by atoms with Gasteiger partial charge in [0, 0.05) is 13.1 Å². The number of carbonyl (C=O) groups is 1. The predicted octanol–water partition coefficient (Wildman–Crippen LogP) is 2.02. The Kier molecular flexibility index (Phi) is 5.37. The summed E-state index contributed by atoms with van der Waals surface area (Å²) in [5.41, 5.74) is 2.50. The Bertz CT molecular complexity index is 471. The van der Waals surface area contributed by atoms with Crippen LogP contribution in [-0.2, 0) is 11.2 Å². The maximum absolute atomic E-state index is 12.4. The third-order valence-corrected chi connectivity index (χ3v) is 4.34. The summed E-state index contributed by atoms with van der Waals surface area (Å²) in [6.07, 6.45) is 1.04. The number of hydrogen-bond donors (Lipinski definition) is 1. The second-order valence-corrected chi connectivity index (χ2v) is 5.81. The first-order valence-electron chi connectivity index (χ1n) is 7.90. The van der Waals surface area contributed by atoms with Gasteiger partial charge in [-0.05, 0) is 38.1 Å². The maximum atomic E-state index is 12.4. The molecule has 1 amide bonds. The van der Waals surface area contributed by atoms with Gasteiger partial charge in [0.25, 0.3) is 0 Å². The van der Waals surface area contributed by atoms with Gasteiger partial charge in [-0.3, -0.25) is 10.1 Å². The van der Waals surface area contributed by atoms with Gasteiger partial charge in [0.05, 0.1) is 6.04 Å². The summed E-state index contributed by atoms with van der Waals surface area (Å²) >= 11 is 0. The van der Waals surface area contributed by atoms with Crippen LogP contribution in [0, 0.1) is 0 Å². The molecule has 0 saturated carbocycles. The zero-order valence-electron chi connectivity index (χ0n) is 13.6. The lowest BCUT2D eigenvalue weighted by Crippen LogP contribution is -2.37. The van der Waals surface area contributed by atoms with Crippen molar-refractivity contribution in [3.63, 3.8) is 0 Å². The SMILES string of the molecule is CCc1ccc(C2NC(C)C(=O)N2CCN(C)CC)cc1. The minimum Gasteiger partial charge on any atom is -0.320 e. The number of hydrogen-bond acceptors (Lipinski definition) is 3. The van der Waals surface area contributed by atoms with Crippen LogP contribution in [0.25, 0.3) is 0 Å². The molecule has 1 aromatic rings. The Balaban J connectivity index is 2.12. The minimum absolute atomic E-state index is 0.00339. The average Bonchev–Trinajstić information content (AvgIpc) is 2.80. The monoisotopic (exact) mass is 289 g/mol. The van der Waals surface area contributed by atoms with E-state index in [1.165, 1.54) is 11.1 Å². The van der Waals surface area contributed by atoms with Gasteiger partial charge in [-0.25, -0.2) is 0 Å². The number of amides is 1. The zero-order chi connectivity index (χ0) is 15.4. The van der Waals surface area contributed by atoms with E-state index in [0.29, 0.717) is 0 Å². The molecule has 0 aromatic heterocycles. The fourth-order valence-electron chi connectivity index (χ4n) is 2.66. The molecule has 1 aromatic carbocycles. The molecule has 4 nitrogen and oxygen atoms in total. The molecule has 4 heteroatoms. The molecule has 116 valence electrons. The highest BCUT2D eigenvalue weighted by molar-refractivity contribution is 5.84. The average molecular weight is 289 g/mol. The number of nitrogens with zero attached hydrogens (tertiary/aromatic N) is 2. The summed E-state index contributed by atoms with van der Waals surface area (Å²) in [6.45, 7) is 8.90. The van der Waals surface area contributed by atoms with E-state index in [-0.39, 0.29) is 18.1 Å². The van der Waals surface area contributed by atoms with Gasteiger partial charge < -0.3 is 9.80 Å². The van der Waals surface area contributed by atoms with E-state index in [0.717, 1.165) is 26.1 Å². The smallest absolute Gasteiger partial charge is 0.241 e. The van der Waals surface area contributed by atoms with Crippen molar-refractivity contribution in [2.75, 3.05) is 26.7 Å². The second-order valence-electron chi connectivity index (χ2n) is 5.81. The topological polar surface area (TPSA) is 35.6 Å². The van der Waals surface area contributed by atoms with E-state index >= 15 is 0 Å². The Labute approximate surface area is 128 Å². The molecule has 1 aliphatic rings. The van der Waals surface area contributed by atoms with Gasteiger partial charge in [-0.1, -0.05) is 38.1 Å². The number of carbonyl (C=O) groups excluding carboxylic acids is 1. The van der Waals surface area contributed by atoms with Gasteiger partial charge in [0.15, 0.2) is 0 Å². The Morgan fingerprint density at radius 3 is 2.48 bits per heavy atom. The molecule has 0 aliphatic carbocycles. The van der Waals surface area contributed by atoms with Gasteiger partial charge in [0.2, 0.25) is 5.91 Å². The normalized spacial score (nSPS) is 22.3. The number of nitrogens with one attached hydrogen (secondary N) is 1. The number of likely N-dealkylation sites (N-methyl/N-ethyl adjacent to an activating group) is 1. The van der Waals surface area contributed by atoms with Crippen LogP contribution in [0.15, 0.2) is 24.3 Å². The predicted molar refractivity (Wildman–Crippen MR) is 86.0 cm³/mol. The van der Waals surface area contributed by atoms with Crippen molar-refractivity contribution in [3.05, 3.63) is 35.4 Å². The first kappa shape index (κ1) is 16.0. The van der Waals surface area contributed by atoms with Gasteiger partial charge in [-0.2, -0.15) is 0 Å². The van der Waals surface area contributed by atoms with Crippen LogP contribution in [0.4, 0.5) is 0 Å². The summed E-state index contributed by atoms with van der Waals surface area (Å²) in [7, 11) is 2.09. The molecular formula is C17H27N3O. The molecule has 1 saturated heterocycles. The van der Waals surface area contributed by atoms with Crippen LogP contribution >= 0.6 is 0 Å².